The maximum Gasteiger partial charge on any atom is 0.316 e. The van der Waals surface area contributed by atoms with E-state index in [9.17, 15) is 9.59 Å². The molecule has 0 amide bonds. The average Bonchev–Trinajstić information content (AvgIpc) is 3.19. The average molecular weight is 431 g/mol. The molecule has 4 saturated carbocycles. The largest absolute Gasteiger partial charge is 0.468 e. The number of hydrogen-bond donors (Lipinski definition) is 0. The number of fused-ring (bicyclic) bond motifs is 5. The SMILES string of the molecule is COC(=O)C1C(=O)CC2(C)C1CCC1C3CCC(C(C)CCCC(C)C)C3(C)CCC12. The Balaban J connectivity index is 1.50. The van der Waals surface area contributed by atoms with Gasteiger partial charge in [0.25, 0.3) is 0 Å². The molecule has 4 aliphatic carbocycles. The molecule has 0 spiro atoms. The van der Waals surface area contributed by atoms with Crippen LogP contribution < -0.4 is 0 Å². The molecule has 4 fully saturated rings. The molecule has 0 aromatic heterocycles. The van der Waals surface area contributed by atoms with Crippen molar-refractivity contribution < 1.29 is 14.3 Å². The van der Waals surface area contributed by atoms with E-state index >= 15 is 0 Å². The maximum absolute atomic E-state index is 12.9. The lowest BCUT2D eigenvalue weighted by Crippen LogP contribution is -2.51. The highest BCUT2D eigenvalue weighted by Gasteiger charge is 2.64. The summed E-state index contributed by atoms with van der Waals surface area (Å²) in [5.41, 5.74) is 0.479. The number of methoxy groups -OCH3 is 1. The summed E-state index contributed by atoms with van der Waals surface area (Å²) in [6.07, 6.45) is 12.3. The van der Waals surface area contributed by atoms with Crippen molar-refractivity contribution in [1.29, 1.82) is 0 Å². The summed E-state index contributed by atoms with van der Waals surface area (Å²) in [5.74, 6) is 4.24. The van der Waals surface area contributed by atoms with Gasteiger partial charge in [0.05, 0.1) is 7.11 Å². The molecule has 0 aromatic carbocycles. The van der Waals surface area contributed by atoms with Crippen molar-refractivity contribution in [3.8, 4) is 0 Å². The van der Waals surface area contributed by atoms with Crippen LogP contribution >= 0.6 is 0 Å². The maximum atomic E-state index is 12.9. The summed E-state index contributed by atoms with van der Waals surface area (Å²) in [6.45, 7) is 12.2. The first kappa shape index (κ1) is 23.3. The van der Waals surface area contributed by atoms with Crippen LogP contribution in [-0.4, -0.2) is 18.9 Å². The lowest BCUT2D eigenvalue weighted by atomic mass is 9.46. The van der Waals surface area contributed by atoms with Crippen LogP contribution in [0.2, 0.25) is 0 Å². The van der Waals surface area contributed by atoms with E-state index in [-0.39, 0.29) is 23.1 Å². The zero-order valence-electron chi connectivity index (χ0n) is 20.9. The summed E-state index contributed by atoms with van der Waals surface area (Å²) in [6, 6.07) is 0. The van der Waals surface area contributed by atoms with E-state index in [0.717, 1.165) is 36.0 Å². The zero-order chi connectivity index (χ0) is 22.6. The molecule has 9 atom stereocenters. The van der Waals surface area contributed by atoms with Crippen LogP contribution in [0.5, 0.6) is 0 Å². The molecule has 0 bridgehead atoms. The predicted octanol–water partition coefficient (Wildman–Crippen LogP) is 6.69. The molecule has 4 rings (SSSR count). The van der Waals surface area contributed by atoms with Gasteiger partial charge in [-0.25, -0.2) is 0 Å². The number of esters is 1. The van der Waals surface area contributed by atoms with Crippen molar-refractivity contribution in [2.45, 2.75) is 98.8 Å². The van der Waals surface area contributed by atoms with Crippen LogP contribution in [0.4, 0.5) is 0 Å². The van der Waals surface area contributed by atoms with E-state index in [1.807, 2.05) is 0 Å². The number of carbonyl (C=O) groups is 2. The molecule has 3 nitrogen and oxygen atoms in total. The Morgan fingerprint density at radius 3 is 2.32 bits per heavy atom. The van der Waals surface area contributed by atoms with Gasteiger partial charge in [-0.15, -0.1) is 0 Å². The van der Waals surface area contributed by atoms with E-state index in [1.54, 1.807) is 0 Å². The van der Waals surface area contributed by atoms with E-state index in [4.69, 9.17) is 4.74 Å². The molecule has 0 saturated heterocycles. The van der Waals surface area contributed by atoms with Crippen LogP contribution in [0, 0.1) is 58.2 Å². The molecule has 0 heterocycles. The third-order valence-corrected chi connectivity index (χ3v) is 10.9. The molecule has 176 valence electrons. The Bertz CT molecular complexity index is 698. The molecule has 0 radical (unpaired) electrons. The van der Waals surface area contributed by atoms with Gasteiger partial charge in [-0.2, -0.15) is 0 Å². The van der Waals surface area contributed by atoms with Gasteiger partial charge < -0.3 is 4.74 Å². The number of Topliss-reactive ketones (excluding diaryl/α,β-unsaturated/α-hetero) is 1. The molecular formula is C28H46O3. The highest BCUT2D eigenvalue weighted by molar-refractivity contribution is 6.01. The number of carbonyl (C=O) groups excluding carboxylic acids is 2. The second-order valence-electron chi connectivity index (χ2n) is 12.7. The van der Waals surface area contributed by atoms with Crippen LogP contribution in [0.1, 0.15) is 98.8 Å². The number of rotatable bonds is 6. The van der Waals surface area contributed by atoms with Crippen LogP contribution in [0.15, 0.2) is 0 Å². The molecule has 9 unspecified atom stereocenters. The first-order chi connectivity index (χ1) is 14.6. The Morgan fingerprint density at radius 2 is 1.65 bits per heavy atom. The highest BCUT2D eigenvalue weighted by Crippen LogP contribution is 2.69. The van der Waals surface area contributed by atoms with Gasteiger partial charge in [-0.05, 0) is 90.8 Å². The fraction of sp³-hybridized carbons (Fsp3) is 0.929. The van der Waals surface area contributed by atoms with E-state index in [0.29, 0.717) is 17.8 Å². The fourth-order valence-electron chi connectivity index (χ4n) is 9.45. The fourth-order valence-corrected chi connectivity index (χ4v) is 9.45. The quantitative estimate of drug-likeness (QED) is 0.348. The second-order valence-corrected chi connectivity index (χ2v) is 12.7. The predicted molar refractivity (Wildman–Crippen MR) is 124 cm³/mol. The van der Waals surface area contributed by atoms with E-state index in [1.165, 1.54) is 58.5 Å². The summed E-state index contributed by atoms with van der Waals surface area (Å²) >= 11 is 0. The Morgan fingerprint density at radius 1 is 0.968 bits per heavy atom. The summed E-state index contributed by atoms with van der Waals surface area (Å²) in [4.78, 5) is 25.3. The van der Waals surface area contributed by atoms with Gasteiger partial charge in [-0.1, -0.05) is 53.9 Å². The second kappa shape index (κ2) is 8.49. The van der Waals surface area contributed by atoms with Crippen molar-refractivity contribution in [3.63, 3.8) is 0 Å². The van der Waals surface area contributed by atoms with Crippen molar-refractivity contribution >= 4 is 11.8 Å². The first-order valence-electron chi connectivity index (χ1n) is 13.2. The summed E-state index contributed by atoms with van der Waals surface area (Å²) in [5, 5.41) is 0. The van der Waals surface area contributed by atoms with Gasteiger partial charge in [-0.3, -0.25) is 9.59 Å². The molecule has 3 heteroatoms. The third-order valence-electron chi connectivity index (χ3n) is 10.9. The minimum Gasteiger partial charge on any atom is -0.468 e. The highest BCUT2D eigenvalue weighted by atomic mass is 16.5. The molecule has 0 N–H and O–H groups in total. The third kappa shape index (κ3) is 3.70. The lowest BCUT2D eigenvalue weighted by Gasteiger charge is -2.58. The summed E-state index contributed by atoms with van der Waals surface area (Å²) in [7, 11) is 1.43. The molecule has 0 aromatic rings. The normalized spacial score (nSPS) is 45.2. The van der Waals surface area contributed by atoms with Crippen molar-refractivity contribution in [2.75, 3.05) is 7.11 Å². The van der Waals surface area contributed by atoms with Crippen LogP contribution in [0.25, 0.3) is 0 Å². The first-order valence-corrected chi connectivity index (χ1v) is 13.2. The Kier molecular flexibility index (Phi) is 6.38. The minimum absolute atomic E-state index is 0.00114. The van der Waals surface area contributed by atoms with Gasteiger partial charge >= 0.3 is 5.97 Å². The van der Waals surface area contributed by atoms with Gasteiger partial charge in [0.2, 0.25) is 0 Å². The smallest absolute Gasteiger partial charge is 0.316 e. The Labute approximate surface area is 190 Å². The topological polar surface area (TPSA) is 43.4 Å². The molecule has 0 aliphatic heterocycles. The van der Waals surface area contributed by atoms with E-state index in [2.05, 4.69) is 34.6 Å². The number of hydrogen-bond acceptors (Lipinski definition) is 3. The van der Waals surface area contributed by atoms with Crippen LogP contribution in [-0.2, 0) is 14.3 Å². The van der Waals surface area contributed by atoms with Crippen molar-refractivity contribution in [3.05, 3.63) is 0 Å². The monoisotopic (exact) mass is 430 g/mol. The zero-order valence-corrected chi connectivity index (χ0v) is 20.9. The molecule has 31 heavy (non-hydrogen) atoms. The molecule has 4 aliphatic rings. The van der Waals surface area contributed by atoms with Crippen LogP contribution in [0.3, 0.4) is 0 Å². The van der Waals surface area contributed by atoms with Gasteiger partial charge in [0.15, 0.2) is 0 Å². The van der Waals surface area contributed by atoms with E-state index < -0.39 is 5.92 Å². The summed E-state index contributed by atoms with van der Waals surface area (Å²) < 4.78 is 5.05. The van der Waals surface area contributed by atoms with Gasteiger partial charge in [0, 0.05) is 6.42 Å². The number of ether oxygens (including phenoxy) is 1. The minimum atomic E-state index is -0.499. The van der Waals surface area contributed by atoms with Crippen molar-refractivity contribution in [1.82, 2.24) is 0 Å². The Hall–Kier alpha value is -0.860. The van der Waals surface area contributed by atoms with Gasteiger partial charge in [0.1, 0.15) is 11.7 Å². The number of ketones is 1. The molecular weight excluding hydrogens is 384 g/mol. The lowest BCUT2D eigenvalue weighted by molar-refractivity contribution is -0.153. The standard InChI is InChI=1S/C28H46O3/c1-17(2)8-7-9-18(3)20-12-13-21-19-10-11-23-25(26(30)31-6)24(29)16-28(23,5)22(19)14-15-27(20,21)4/h17-23,25H,7-16H2,1-6H3. The van der Waals surface area contributed by atoms with Crippen molar-refractivity contribution in [2.24, 2.45) is 58.2 Å².